The van der Waals surface area contributed by atoms with E-state index in [-0.39, 0.29) is 0 Å². The van der Waals surface area contributed by atoms with Crippen molar-refractivity contribution >= 4 is 5.71 Å². The Morgan fingerprint density at radius 1 is 1.62 bits per heavy atom. The lowest BCUT2D eigenvalue weighted by Gasteiger charge is -1.95. The van der Waals surface area contributed by atoms with Crippen molar-refractivity contribution in [3.63, 3.8) is 0 Å². The molecule has 8 heavy (non-hydrogen) atoms. The quantitative estimate of drug-likeness (QED) is 0.468. The molecule has 2 aliphatic rings. The Morgan fingerprint density at radius 3 is 3.50 bits per heavy atom. The summed E-state index contributed by atoms with van der Waals surface area (Å²) >= 11 is 0. The number of fused-ring (bicyclic) bond motifs is 1. The molecule has 2 heteroatoms. The number of hydrogen-bond acceptors (Lipinski definition) is 2. The second kappa shape index (κ2) is 1.55. The molecule has 1 fully saturated rings. The van der Waals surface area contributed by atoms with Crippen molar-refractivity contribution in [2.75, 3.05) is 19.6 Å². The lowest BCUT2D eigenvalue weighted by atomic mass is 10.1. The van der Waals surface area contributed by atoms with Crippen LogP contribution in [0, 0.1) is 5.92 Å². The third-order valence-electron chi connectivity index (χ3n) is 1.96. The predicted molar refractivity (Wildman–Crippen MR) is 33.3 cm³/mol. The monoisotopic (exact) mass is 110 g/mol. The fraction of sp³-hybridized carbons (Fsp3) is 0.833. The van der Waals surface area contributed by atoms with Crippen LogP contribution in [0.25, 0.3) is 0 Å². The first-order valence-corrected chi connectivity index (χ1v) is 3.21. The molecule has 1 N–H and O–H groups in total. The van der Waals surface area contributed by atoms with Crippen molar-refractivity contribution < 1.29 is 0 Å². The molecule has 0 bridgehead atoms. The third kappa shape index (κ3) is 0.494. The van der Waals surface area contributed by atoms with Gasteiger partial charge in [0.05, 0.1) is 0 Å². The molecule has 0 spiro atoms. The molecule has 0 radical (unpaired) electrons. The average Bonchev–Trinajstić information content (AvgIpc) is 2.15. The molecule has 44 valence electrons. The summed E-state index contributed by atoms with van der Waals surface area (Å²) in [7, 11) is 0. The van der Waals surface area contributed by atoms with E-state index >= 15 is 0 Å². The van der Waals surface area contributed by atoms with E-state index in [9.17, 15) is 0 Å². The largest absolute Gasteiger partial charge is 0.311 e. The van der Waals surface area contributed by atoms with Crippen LogP contribution in [0.4, 0.5) is 0 Å². The van der Waals surface area contributed by atoms with Crippen LogP contribution >= 0.6 is 0 Å². The number of rotatable bonds is 0. The number of nitrogens with zero attached hydrogens (tertiary/aromatic N) is 1. The molecular formula is C6H10N2. The van der Waals surface area contributed by atoms with Gasteiger partial charge in [-0.2, -0.15) is 0 Å². The molecular weight excluding hydrogens is 100 g/mol. The van der Waals surface area contributed by atoms with Crippen LogP contribution in [0.1, 0.15) is 6.42 Å². The van der Waals surface area contributed by atoms with Crippen LogP contribution in [-0.2, 0) is 0 Å². The lowest BCUT2D eigenvalue weighted by molar-refractivity contribution is 0.660. The molecule has 2 nitrogen and oxygen atoms in total. The van der Waals surface area contributed by atoms with Gasteiger partial charge in [0.15, 0.2) is 0 Å². The summed E-state index contributed by atoms with van der Waals surface area (Å²) in [6.07, 6.45) is 1.29. The summed E-state index contributed by atoms with van der Waals surface area (Å²) in [5.74, 6) is 0.815. The highest BCUT2D eigenvalue weighted by atomic mass is 15.0. The zero-order valence-electron chi connectivity index (χ0n) is 4.85. The Balaban J connectivity index is 2.20. The highest BCUT2D eigenvalue weighted by molar-refractivity contribution is 5.91. The van der Waals surface area contributed by atoms with Gasteiger partial charge in [-0.05, 0) is 6.42 Å². The zero-order valence-corrected chi connectivity index (χ0v) is 4.85. The number of aliphatic imine (C=N–C) groups is 1. The maximum Gasteiger partial charge on any atom is 0.0396 e. The van der Waals surface area contributed by atoms with E-state index in [4.69, 9.17) is 0 Å². The second-order valence-corrected chi connectivity index (χ2v) is 2.49. The highest BCUT2D eigenvalue weighted by Gasteiger charge is 2.24. The summed E-state index contributed by atoms with van der Waals surface area (Å²) < 4.78 is 0. The smallest absolute Gasteiger partial charge is 0.0396 e. The van der Waals surface area contributed by atoms with Crippen LogP contribution < -0.4 is 5.32 Å². The first kappa shape index (κ1) is 4.50. The minimum Gasteiger partial charge on any atom is -0.311 e. The van der Waals surface area contributed by atoms with Crippen LogP contribution in [0.5, 0.6) is 0 Å². The van der Waals surface area contributed by atoms with E-state index in [1.54, 1.807) is 0 Å². The minimum absolute atomic E-state index is 0.815. The molecule has 1 unspecified atom stereocenters. The van der Waals surface area contributed by atoms with Crippen LogP contribution in [0.15, 0.2) is 4.99 Å². The average molecular weight is 110 g/mol. The second-order valence-electron chi connectivity index (χ2n) is 2.49. The van der Waals surface area contributed by atoms with Gasteiger partial charge < -0.3 is 5.32 Å². The van der Waals surface area contributed by atoms with Gasteiger partial charge in [-0.3, -0.25) is 4.99 Å². The van der Waals surface area contributed by atoms with Crippen molar-refractivity contribution in [2.45, 2.75) is 6.42 Å². The lowest BCUT2D eigenvalue weighted by Crippen LogP contribution is -2.09. The predicted octanol–water partition coefficient (Wildman–Crippen LogP) is 0.0505. The molecule has 0 amide bonds. The van der Waals surface area contributed by atoms with Gasteiger partial charge in [-0.25, -0.2) is 0 Å². The molecule has 2 aliphatic heterocycles. The van der Waals surface area contributed by atoms with E-state index in [1.165, 1.54) is 18.7 Å². The van der Waals surface area contributed by atoms with E-state index in [0.29, 0.717) is 0 Å². The van der Waals surface area contributed by atoms with Gasteiger partial charge in [0, 0.05) is 31.3 Å². The number of nitrogens with one attached hydrogen (secondary N) is 1. The Bertz CT molecular complexity index is 128. The van der Waals surface area contributed by atoms with E-state index in [2.05, 4.69) is 10.3 Å². The topological polar surface area (TPSA) is 24.4 Å². The molecule has 2 rings (SSSR count). The molecule has 0 saturated carbocycles. The first-order valence-electron chi connectivity index (χ1n) is 3.21. The van der Waals surface area contributed by atoms with Gasteiger partial charge >= 0.3 is 0 Å². The Labute approximate surface area is 49.0 Å². The SMILES string of the molecule is C1CC2CNCC2=N1. The van der Waals surface area contributed by atoms with Crippen molar-refractivity contribution in [3.05, 3.63) is 0 Å². The summed E-state index contributed by atoms with van der Waals surface area (Å²) in [6, 6.07) is 0. The molecule has 0 aromatic heterocycles. The summed E-state index contributed by atoms with van der Waals surface area (Å²) in [5.41, 5.74) is 1.42. The van der Waals surface area contributed by atoms with Crippen molar-refractivity contribution in [1.82, 2.24) is 5.32 Å². The Kier molecular flexibility index (Phi) is 0.875. The van der Waals surface area contributed by atoms with Crippen molar-refractivity contribution in [1.29, 1.82) is 0 Å². The van der Waals surface area contributed by atoms with E-state index in [0.717, 1.165) is 19.0 Å². The summed E-state index contributed by atoms with van der Waals surface area (Å²) in [6.45, 7) is 3.32. The van der Waals surface area contributed by atoms with Crippen LogP contribution in [0.3, 0.4) is 0 Å². The minimum atomic E-state index is 0.815. The Morgan fingerprint density at radius 2 is 2.62 bits per heavy atom. The van der Waals surface area contributed by atoms with Crippen molar-refractivity contribution in [3.8, 4) is 0 Å². The van der Waals surface area contributed by atoms with Gasteiger partial charge in [0.1, 0.15) is 0 Å². The summed E-state index contributed by atoms with van der Waals surface area (Å²) in [5, 5.41) is 3.29. The zero-order chi connectivity index (χ0) is 5.40. The van der Waals surface area contributed by atoms with E-state index in [1.807, 2.05) is 0 Å². The first-order chi connectivity index (χ1) is 3.97. The Hall–Kier alpha value is -0.370. The maximum absolute atomic E-state index is 4.35. The van der Waals surface area contributed by atoms with Crippen LogP contribution in [-0.4, -0.2) is 25.3 Å². The van der Waals surface area contributed by atoms with Gasteiger partial charge in [-0.15, -0.1) is 0 Å². The van der Waals surface area contributed by atoms with Gasteiger partial charge in [0.2, 0.25) is 0 Å². The molecule has 2 heterocycles. The van der Waals surface area contributed by atoms with E-state index < -0.39 is 0 Å². The van der Waals surface area contributed by atoms with Gasteiger partial charge in [0.25, 0.3) is 0 Å². The normalized spacial score (nSPS) is 35.0. The molecule has 1 saturated heterocycles. The van der Waals surface area contributed by atoms with Crippen molar-refractivity contribution in [2.24, 2.45) is 10.9 Å². The summed E-state index contributed by atoms with van der Waals surface area (Å²) in [4.78, 5) is 4.35. The standard InChI is InChI=1S/C6H10N2/c1-2-8-6-4-7-3-5(1)6/h5,7H,1-4H2. The molecule has 1 atom stereocenters. The highest BCUT2D eigenvalue weighted by Crippen LogP contribution is 2.16. The number of hydrogen-bond donors (Lipinski definition) is 1. The molecule has 0 aromatic rings. The fourth-order valence-electron chi connectivity index (χ4n) is 1.45. The maximum atomic E-state index is 4.35. The van der Waals surface area contributed by atoms with Crippen LogP contribution in [0.2, 0.25) is 0 Å². The molecule has 0 aromatic carbocycles. The molecule has 0 aliphatic carbocycles. The van der Waals surface area contributed by atoms with Gasteiger partial charge in [-0.1, -0.05) is 0 Å². The third-order valence-corrected chi connectivity index (χ3v) is 1.96. The fourth-order valence-corrected chi connectivity index (χ4v) is 1.45.